The van der Waals surface area contributed by atoms with E-state index in [-0.39, 0.29) is 6.61 Å². The molecule has 2 rings (SSSR count). The van der Waals surface area contributed by atoms with E-state index in [9.17, 15) is 4.57 Å². The summed E-state index contributed by atoms with van der Waals surface area (Å²) in [5.74, 6) is 0. The molecule has 0 aromatic carbocycles. The van der Waals surface area contributed by atoms with Gasteiger partial charge in [0.05, 0.1) is 32.8 Å². The topological polar surface area (TPSA) is 66.8 Å². The third-order valence-electron chi connectivity index (χ3n) is 7.55. The summed E-state index contributed by atoms with van der Waals surface area (Å²) in [7, 11) is 0.584. The third kappa shape index (κ3) is 14.0. The lowest BCUT2D eigenvalue weighted by molar-refractivity contribution is -0.930. The quantitative estimate of drug-likeness (QED) is 0.143. The number of piperidine rings is 1. The number of unbranched alkanes of at least 4 members (excludes halogenated alkanes) is 13. The smallest absolute Gasteiger partial charge is 0.324 e. The lowest BCUT2D eigenvalue weighted by Crippen LogP contribution is -2.52. The molecule has 0 aromatic heterocycles. The summed E-state index contributed by atoms with van der Waals surface area (Å²) in [6.07, 6.45) is 25.2. The van der Waals surface area contributed by atoms with E-state index < -0.39 is 7.82 Å². The van der Waals surface area contributed by atoms with Crippen molar-refractivity contribution in [1.29, 1.82) is 0 Å². The lowest BCUT2D eigenvalue weighted by atomic mass is 10.0. The molecule has 2 atom stereocenters. The van der Waals surface area contributed by atoms with Crippen molar-refractivity contribution < 1.29 is 23.4 Å². The standard InChI is InChI=1S/C16H35O4P.C9H18N/c1-2-3-4-5-6-7-8-9-10-11-12-13-14-15-16-20-21(17,18)19;1-10(2)8-4-3-5-9(10)7-6-8/h2-16H2,1H3,(H2,17,18,19);8-9H,3-7H2,1-2H3/q;+1/t;8-,9+. The maximum atomic E-state index is 10.4. The zero-order valence-electron chi connectivity index (χ0n) is 20.9. The van der Waals surface area contributed by atoms with Gasteiger partial charge in [-0.25, -0.2) is 4.57 Å². The largest absolute Gasteiger partial charge is 0.469 e. The molecule has 0 saturated carbocycles. The summed E-state index contributed by atoms with van der Waals surface area (Å²) >= 11 is 0. The van der Waals surface area contributed by atoms with Gasteiger partial charge in [-0.3, -0.25) is 4.52 Å². The second-order valence-electron chi connectivity index (χ2n) is 10.4. The molecule has 2 fully saturated rings. The Labute approximate surface area is 193 Å². The highest BCUT2D eigenvalue weighted by atomic mass is 31.2. The van der Waals surface area contributed by atoms with Crippen molar-refractivity contribution in [3.8, 4) is 0 Å². The molecule has 2 N–H and O–H groups in total. The van der Waals surface area contributed by atoms with Crippen LogP contribution in [0.1, 0.15) is 129 Å². The minimum atomic E-state index is -4.25. The van der Waals surface area contributed by atoms with Crippen molar-refractivity contribution in [2.45, 2.75) is 141 Å². The molecule has 31 heavy (non-hydrogen) atoms. The average Bonchev–Trinajstić information content (AvgIpc) is 2.89. The monoisotopic (exact) mass is 462 g/mol. The van der Waals surface area contributed by atoms with Gasteiger partial charge in [-0.1, -0.05) is 90.4 Å². The van der Waals surface area contributed by atoms with Gasteiger partial charge in [0, 0.05) is 12.8 Å². The molecule has 186 valence electrons. The minimum absolute atomic E-state index is 0.169. The predicted octanol–water partition coefficient (Wildman–Crippen LogP) is 7.35. The number of hydrogen-bond acceptors (Lipinski definition) is 2. The predicted molar refractivity (Wildman–Crippen MR) is 131 cm³/mol. The van der Waals surface area contributed by atoms with E-state index in [4.69, 9.17) is 9.79 Å². The normalized spacial score (nSPS) is 22.2. The molecule has 6 heteroatoms. The Hall–Kier alpha value is 0.0700. The molecule has 2 saturated heterocycles. The van der Waals surface area contributed by atoms with Crippen molar-refractivity contribution in [2.24, 2.45) is 0 Å². The molecule has 2 bridgehead atoms. The van der Waals surface area contributed by atoms with Gasteiger partial charge in [-0.2, -0.15) is 0 Å². The van der Waals surface area contributed by atoms with Gasteiger partial charge in [0.25, 0.3) is 0 Å². The van der Waals surface area contributed by atoms with Crippen LogP contribution in [0.2, 0.25) is 0 Å². The summed E-state index contributed by atoms with van der Waals surface area (Å²) in [6.45, 7) is 2.42. The first-order valence-corrected chi connectivity index (χ1v) is 14.8. The Morgan fingerprint density at radius 1 is 0.710 bits per heavy atom. The highest BCUT2D eigenvalue weighted by Crippen LogP contribution is 2.39. The van der Waals surface area contributed by atoms with Crippen LogP contribution < -0.4 is 0 Å². The molecule has 0 amide bonds. The van der Waals surface area contributed by atoms with E-state index in [1.165, 1.54) is 107 Å². The van der Waals surface area contributed by atoms with Crippen LogP contribution >= 0.6 is 7.82 Å². The molecule has 2 aliphatic heterocycles. The highest BCUT2D eigenvalue weighted by Gasteiger charge is 2.45. The first kappa shape index (κ1) is 29.1. The number of rotatable bonds is 16. The number of fused-ring (bicyclic) bond motifs is 2. The summed E-state index contributed by atoms with van der Waals surface area (Å²) in [4.78, 5) is 17.0. The molecule has 0 unspecified atom stereocenters. The van der Waals surface area contributed by atoms with E-state index in [0.717, 1.165) is 31.3 Å². The van der Waals surface area contributed by atoms with Crippen molar-refractivity contribution in [2.75, 3.05) is 20.7 Å². The molecular formula is C25H53NO4P+. The van der Waals surface area contributed by atoms with Crippen LogP contribution in [0.25, 0.3) is 0 Å². The first-order valence-electron chi connectivity index (χ1n) is 13.3. The summed E-state index contributed by atoms with van der Waals surface area (Å²) < 4.78 is 16.2. The number of nitrogens with zero attached hydrogens (tertiary/aromatic N) is 1. The van der Waals surface area contributed by atoms with Gasteiger partial charge in [-0.05, 0) is 25.7 Å². The Morgan fingerprint density at radius 2 is 1.10 bits per heavy atom. The zero-order valence-corrected chi connectivity index (χ0v) is 21.8. The molecule has 0 aliphatic carbocycles. The van der Waals surface area contributed by atoms with E-state index >= 15 is 0 Å². The molecule has 2 aliphatic rings. The van der Waals surface area contributed by atoms with E-state index in [1.807, 2.05) is 0 Å². The summed E-state index contributed by atoms with van der Waals surface area (Å²) in [5.41, 5.74) is 0. The molecule has 0 radical (unpaired) electrons. The number of phosphoric acid groups is 1. The van der Waals surface area contributed by atoms with Crippen LogP contribution in [0, 0.1) is 0 Å². The van der Waals surface area contributed by atoms with Crippen LogP contribution in [0.3, 0.4) is 0 Å². The lowest BCUT2D eigenvalue weighted by Gasteiger charge is -2.41. The SMILES string of the molecule is CCCCCCCCCCCCCCCCOP(=O)(O)O.C[N+]1(C)[C@@H]2CCC[C@H]1CC2. The van der Waals surface area contributed by atoms with E-state index in [0.29, 0.717) is 0 Å². The van der Waals surface area contributed by atoms with E-state index in [1.54, 1.807) is 0 Å². The average molecular weight is 463 g/mol. The van der Waals surface area contributed by atoms with Crippen LogP contribution in [0.4, 0.5) is 0 Å². The molecule has 5 nitrogen and oxygen atoms in total. The van der Waals surface area contributed by atoms with Gasteiger partial charge in [0.1, 0.15) is 0 Å². The van der Waals surface area contributed by atoms with Crippen molar-refractivity contribution in [1.82, 2.24) is 0 Å². The Balaban J connectivity index is 0.000000391. The van der Waals surface area contributed by atoms with Crippen LogP contribution in [-0.2, 0) is 9.09 Å². The summed E-state index contributed by atoms with van der Waals surface area (Å²) in [6, 6.07) is 2.03. The maximum absolute atomic E-state index is 10.4. The van der Waals surface area contributed by atoms with Gasteiger partial charge < -0.3 is 14.3 Å². The summed E-state index contributed by atoms with van der Waals surface area (Å²) in [5, 5.41) is 0. The number of quaternary nitrogens is 1. The van der Waals surface area contributed by atoms with Gasteiger partial charge >= 0.3 is 7.82 Å². The Bertz CT molecular complexity index is 462. The molecule has 2 heterocycles. The van der Waals surface area contributed by atoms with Crippen LogP contribution in [0.5, 0.6) is 0 Å². The Kier molecular flexibility index (Phi) is 15.6. The number of hydrogen-bond donors (Lipinski definition) is 2. The first-order chi connectivity index (χ1) is 14.8. The van der Waals surface area contributed by atoms with Crippen molar-refractivity contribution in [3.63, 3.8) is 0 Å². The molecule has 0 aromatic rings. The molecular weight excluding hydrogens is 409 g/mol. The maximum Gasteiger partial charge on any atom is 0.469 e. The second-order valence-corrected chi connectivity index (χ2v) is 11.6. The van der Waals surface area contributed by atoms with Crippen LogP contribution in [0.15, 0.2) is 0 Å². The van der Waals surface area contributed by atoms with Crippen molar-refractivity contribution in [3.05, 3.63) is 0 Å². The number of phosphoric ester groups is 1. The Morgan fingerprint density at radius 3 is 1.45 bits per heavy atom. The fourth-order valence-electron chi connectivity index (χ4n) is 5.37. The minimum Gasteiger partial charge on any atom is -0.324 e. The van der Waals surface area contributed by atoms with Crippen molar-refractivity contribution >= 4 is 7.82 Å². The fraction of sp³-hybridized carbons (Fsp3) is 1.00. The molecule has 0 spiro atoms. The van der Waals surface area contributed by atoms with Gasteiger partial charge in [-0.15, -0.1) is 0 Å². The zero-order chi connectivity index (χ0) is 23.0. The van der Waals surface area contributed by atoms with Gasteiger partial charge in [0.15, 0.2) is 0 Å². The third-order valence-corrected chi connectivity index (χ3v) is 8.07. The van der Waals surface area contributed by atoms with Gasteiger partial charge in [0.2, 0.25) is 0 Å². The second kappa shape index (κ2) is 16.6. The highest BCUT2D eigenvalue weighted by molar-refractivity contribution is 7.46. The van der Waals surface area contributed by atoms with Crippen LogP contribution in [-0.4, -0.2) is 47.1 Å². The van der Waals surface area contributed by atoms with E-state index in [2.05, 4.69) is 25.5 Å². The fourth-order valence-corrected chi connectivity index (χ4v) is 5.74.